The van der Waals surface area contributed by atoms with Crippen LogP contribution in [0.2, 0.25) is 5.15 Å². The zero-order valence-electron chi connectivity index (χ0n) is 8.06. The van der Waals surface area contributed by atoms with E-state index in [0.717, 1.165) is 5.75 Å². The molecule has 80 valence electrons. The van der Waals surface area contributed by atoms with Gasteiger partial charge in [0.25, 0.3) is 0 Å². The molecule has 0 N–H and O–H groups in total. The van der Waals surface area contributed by atoms with E-state index in [0.29, 0.717) is 29.7 Å². The Bertz CT molecular complexity index is 385. The molecule has 1 unspecified atom stereocenters. The summed E-state index contributed by atoms with van der Waals surface area (Å²) in [4.78, 5) is 17.4. The van der Waals surface area contributed by atoms with Gasteiger partial charge in [0.1, 0.15) is 0 Å². The molecular weight excluding hydrogens is 232 g/mol. The summed E-state index contributed by atoms with van der Waals surface area (Å²) in [6, 6.07) is 3.59. The number of carbonyl (C=O) groups is 1. The summed E-state index contributed by atoms with van der Waals surface area (Å²) in [6.45, 7) is 0.688. The molecule has 15 heavy (non-hydrogen) atoms. The number of hydrogen-bond donors (Lipinski definition) is 1. The molecule has 1 amide bonds. The summed E-state index contributed by atoms with van der Waals surface area (Å²) < 4.78 is 0. The first-order valence-electron chi connectivity index (χ1n) is 4.74. The average molecular weight is 243 g/mol. The molecule has 1 aromatic rings. The van der Waals surface area contributed by atoms with Crippen molar-refractivity contribution in [2.45, 2.75) is 6.42 Å². The van der Waals surface area contributed by atoms with Gasteiger partial charge in [-0.25, -0.2) is 4.98 Å². The van der Waals surface area contributed by atoms with Crippen LogP contribution in [0.5, 0.6) is 0 Å². The van der Waals surface area contributed by atoms with Crippen molar-refractivity contribution in [3.8, 4) is 0 Å². The molecule has 0 aromatic carbocycles. The number of rotatable bonds is 2. The van der Waals surface area contributed by atoms with Crippen molar-refractivity contribution in [2.75, 3.05) is 17.2 Å². The van der Waals surface area contributed by atoms with Crippen LogP contribution in [0, 0.1) is 5.92 Å². The monoisotopic (exact) mass is 242 g/mol. The Kier molecular flexibility index (Phi) is 3.17. The van der Waals surface area contributed by atoms with E-state index in [-0.39, 0.29) is 5.91 Å². The number of halogens is 1. The Morgan fingerprint density at radius 3 is 3.07 bits per heavy atom. The van der Waals surface area contributed by atoms with Crippen molar-refractivity contribution in [1.29, 1.82) is 0 Å². The first-order chi connectivity index (χ1) is 7.22. The number of thiol groups is 1. The Labute approximate surface area is 98.8 Å². The Morgan fingerprint density at radius 2 is 2.47 bits per heavy atom. The van der Waals surface area contributed by atoms with Crippen molar-refractivity contribution >= 4 is 35.8 Å². The summed E-state index contributed by atoms with van der Waals surface area (Å²) in [7, 11) is 0. The van der Waals surface area contributed by atoms with Gasteiger partial charge in [0.15, 0.2) is 5.15 Å². The third kappa shape index (κ3) is 2.11. The van der Waals surface area contributed by atoms with Gasteiger partial charge in [-0.1, -0.05) is 11.6 Å². The summed E-state index contributed by atoms with van der Waals surface area (Å²) >= 11 is 10.1. The molecule has 1 aromatic heterocycles. The lowest BCUT2D eigenvalue weighted by Gasteiger charge is -2.16. The second kappa shape index (κ2) is 4.41. The van der Waals surface area contributed by atoms with Gasteiger partial charge < -0.3 is 4.90 Å². The van der Waals surface area contributed by atoms with Gasteiger partial charge in [-0.2, -0.15) is 12.6 Å². The molecule has 0 bridgehead atoms. The molecule has 1 saturated heterocycles. The van der Waals surface area contributed by atoms with Crippen LogP contribution in [-0.2, 0) is 4.79 Å². The third-order valence-corrected chi connectivity index (χ3v) is 3.30. The van der Waals surface area contributed by atoms with Crippen LogP contribution in [-0.4, -0.2) is 23.2 Å². The molecule has 1 aliphatic rings. The lowest BCUT2D eigenvalue weighted by Crippen LogP contribution is -2.25. The molecular formula is C10H11ClN2OS. The predicted octanol–water partition coefficient (Wildman–Crippen LogP) is 2.02. The van der Waals surface area contributed by atoms with Gasteiger partial charge in [-0.3, -0.25) is 4.79 Å². The minimum atomic E-state index is 0.101. The SMILES string of the molecule is O=C1CC(CS)CN1c1cccnc1Cl. The van der Waals surface area contributed by atoms with E-state index in [1.54, 1.807) is 17.2 Å². The molecule has 0 radical (unpaired) electrons. The number of hydrogen-bond acceptors (Lipinski definition) is 3. The maximum Gasteiger partial charge on any atom is 0.227 e. The highest BCUT2D eigenvalue weighted by atomic mass is 35.5. The molecule has 3 nitrogen and oxygen atoms in total. The first-order valence-corrected chi connectivity index (χ1v) is 5.75. The zero-order chi connectivity index (χ0) is 10.8. The molecule has 5 heteroatoms. The van der Waals surface area contributed by atoms with Crippen molar-refractivity contribution < 1.29 is 4.79 Å². The summed E-state index contributed by atoms with van der Waals surface area (Å²) in [5.74, 6) is 1.14. The molecule has 2 rings (SSSR count). The normalized spacial score (nSPS) is 21.1. The fraction of sp³-hybridized carbons (Fsp3) is 0.400. The molecule has 0 aliphatic carbocycles. The van der Waals surface area contributed by atoms with Crippen LogP contribution in [0.3, 0.4) is 0 Å². The quantitative estimate of drug-likeness (QED) is 0.636. The maximum atomic E-state index is 11.7. The smallest absolute Gasteiger partial charge is 0.227 e. The third-order valence-electron chi connectivity index (χ3n) is 2.49. The van der Waals surface area contributed by atoms with E-state index < -0.39 is 0 Å². The molecule has 1 atom stereocenters. The summed E-state index contributed by atoms with van der Waals surface area (Å²) in [5, 5.41) is 0.380. The molecule has 2 heterocycles. The number of anilines is 1. The number of pyridine rings is 1. The Morgan fingerprint density at radius 1 is 1.67 bits per heavy atom. The van der Waals surface area contributed by atoms with Gasteiger partial charge in [0.2, 0.25) is 5.91 Å². The van der Waals surface area contributed by atoms with Crippen LogP contribution in [0.15, 0.2) is 18.3 Å². The number of nitrogens with zero attached hydrogens (tertiary/aromatic N) is 2. The Hall–Kier alpha value is -0.740. The van der Waals surface area contributed by atoms with E-state index in [1.165, 1.54) is 0 Å². The van der Waals surface area contributed by atoms with E-state index in [9.17, 15) is 4.79 Å². The highest BCUT2D eigenvalue weighted by molar-refractivity contribution is 7.80. The minimum absolute atomic E-state index is 0.101. The standard InChI is InChI=1S/C10H11ClN2OS/c11-10-8(2-1-3-12-10)13-5-7(6-15)4-9(13)14/h1-3,7,15H,4-6H2. The van der Waals surface area contributed by atoms with Crippen LogP contribution < -0.4 is 4.90 Å². The molecule has 1 fully saturated rings. The van der Waals surface area contributed by atoms with Crippen LogP contribution in [0.1, 0.15) is 6.42 Å². The zero-order valence-corrected chi connectivity index (χ0v) is 9.71. The van der Waals surface area contributed by atoms with E-state index in [1.807, 2.05) is 6.07 Å². The van der Waals surface area contributed by atoms with Crippen LogP contribution >= 0.6 is 24.2 Å². The predicted molar refractivity (Wildman–Crippen MR) is 63.6 cm³/mol. The first kappa shape index (κ1) is 10.8. The summed E-state index contributed by atoms with van der Waals surface area (Å²) in [6.07, 6.45) is 2.16. The average Bonchev–Trinajstić information content (AvgIpc) is 2.60. The number of aromatic nitrogens is 1. The maximum absolute atomic E-state index is 11.7. The van der Waals surface area contributed by atoms with Crippen LogP contribution in [0.25, 0.3) is 0 Å². The lowest BCUT2D eigenvalue weighted by atomic mass is 10.1. The van der Waals surface area contributed by atoms with Crippen molar-refractivity contribution in [1.82, 2.24) is 4.98 Å². The van der Waals surface area contributed by atoms with Gasteiger partial charge in [-0.05, 0) is 23.8 Å². The van der Waals surface area contributed by atoms with Gasteiger partial charge in [-0.15, -0.1) is 0 Å². The fourth-order valence-corrected chi connectivity index (χ4v) is 2.18. The van der Waals surface area contributed by atoms with Crippen molar-refractivity contribution in [3.05, 3.63) is 23.5 Å². The van der Waals surface area contributed by atoms with E-state index in [2.05, 4.69) is 17.6 Å². The van der Waals surface area contributed by atoms with Crippen molar-refractivity contribution in [3.63, 3.8) is 0 Å². The lowest BCUT2D eigenvalue weighted by molar-refractivity contribution is -0.117. The second-order valence-electron chi connectivity index (χ2n) is 3.57. The number of amides is 1. The minimum Gasteiger partial charge on any atom is -0.309 e. The van der Waals surface area contributed by atoms with Gasteiger partial charge in [0.05, 0.1) is 5.69 Å². The summed E-state index contributed by atoms with van der Waals surface area (Å²) in [5.41, 5.74) is 0.702. The van der Waals surface area contributed by atoms with Crippen molar-refractivity contribution in [2.24, 2.45) is 5.92 Å². The molecule has 1 aliphatic heterocycles. The van der Waals surface area contributed by atoms with E-state index >= 15 is 0 Å². The largest absolute Gasteiger partial charge is 0.309 e. The molecule has 0 saturated carbocycles. The second-order valence-corrected chi connectivity index (χ2v) is 4.29. The molecule has 0 spiro atoms. The van der Waals surface area contributed by atoms with Gasteiger partial charge in [0, 0.05) is 19.2 Å². The van der Waals surface area contributed by atoms with Gasteiger partial charge >= 0.3 is 0 Å². The highest BCUT2D eigenvalue weighted by Crippen LogP contribution is 2.29. The highest BCUT2D eigenvalue weighted by Gasteiger charge is 2.30. The van der Waals surface area contributed by atoms with Crippen LogP contribution in [0.4, 0.5) is 5.69 Å². The van der Waals surface area contributed by atoms with E-state index in [4.69, 9.17) is 11.6 Å². The fourth-order valence-electron chi connectivity index (χ4n) is 1.72. The number of carbonyl (C=O) groups excluding carboxylic acids is 1. The Balaban J connectivity index is 2.25. The topological polar surface area (TPSA) is 33.2 Å².